The van der Waals surface area contributed by atoms with Gasteiger partial charge in [-0.05, 0) is 98.7 Å². The molecule has 3 N–H and O–H groups in total. The molecule has 11 nitrogen and oxygen atoms in total. The fourth-order valence-electron chi connectivity index (χ4n) is 8.47. The van der Waals surface area contributed by atoms with Crippen LogP contribution in [0.3, 0.4) is 0 Å². The maximum absolute atomic E-state index is 13.6. The van der Waals surface area contributed by atoms with Crippen LogP contribution in [0.25, 0.3) is 22.3 Å². The summed E-state index contributed by atoms with van der Waals surface area (Å²) in [6.07, 6.45) is 9.31. The number of anilines is 1. The number of nitrogens with zero attached hydrogens (tertiary/aromatic N) is 5. The molecule has 1 atom stereocenters. The van der Waals surface area contributed by atoms with E-state index in [9.17, 15) is 14.4 Å². The van der Waals surface area contributed by atoms with Crippen molar-refractivity contribution < 1.29 is 14.4 Å². The highest BCUT2D eigenvalue weighted by molar-refractivity contribution is 6.01. The summed E-state index contributed by atoms with van der Waals surface area (Å²) in [6.45, 7) is 10.9. The van der Waals surface area contributed by atoms with Gasteiger partial charge in [-0.25, -0.2) is 4.98 Å². The Morgan fingerprint density at radius 2 is 1.78 bits per heavy atom. The largest absolute Gasteiger partial charge is 0.357 e. The molecule has 0 saturated carbocycles. The van der Waals surface area contributed by atoms with Gasteiger partial charge in [0.05, 0.1) is 11.6 Å². The van der Waals surface area contributed by atoms with Crippen LogP contribution in [0.2, 0.25) is 0 Å². The number of imide groups is 1. The van der Waals surface area contributed by atoms with Crippen LogP contribution in [0, 0.1) is 11.3 Å². The summed E-state index contributed by atoms with van der Waals surface area (Å²) < 4.78 is 0. The highest BCUT2D eigenvalue weighted by Gasteiger charge is 2.31. The Kier molecular flexibility index (Phi) is 8.70. The minimum absolute atomic E-state index is 0.102. The summed E-state index contributed by atoms with van der Waals surface area (Å²) >= 11 is 0. The van der Waals surface area contributed by atoms with E-state index >= 15 is 0 Å². The normalized spacial score (nSPS) is 21.8. The number of amides is 3. The summed E-state index contributed by atoms with van der Waals surface area (Å²) in [5.74, 6) is 1.01. The fraction of sp³-hybridized carbons (Fsp3) is 0.513. The first-order valence-electron chi connectivity index (χ1n) is 18.4. The quantitative estimate of drug-likeness (QED) is 0.234. The lowest BCUT2D eigenvalue weighted by Gasteiger charge is -2.37. The molecule has 50 heavy (non-hydrogen) atoms. The van der Waals surface area contributed by atoms with Crippen molar-refractivity contribution in [2.75, 3.05) is 50.7 Å². The van der Waals surface area contributed by atoms with Crippen LogP contribution in [-0.2, 0) is 22.4 Å². The Hall–Kier alpha value is -4.51. The van der Waals surface area contributed by atoms with E-state index in [1.54, 1.807) is 6.20 Å². The van der Waals surface area contributed by atoms with E-state index in [0.717, 1.165) is 124 Å². The van der Waals surface area contributed by atoms with Gasteiger partial charge in [0.15, 0.2) is 0 Å². The molecule has 11 heteroatoms. The molecule has 6 heterocycles. The topological polar surface area (TPSA) is 130 Å². The van der Waals surface area contributed by atoms with Gasteiger partial charge in [-0.15, -0.1) is 0 Å². The number of benzene rings is 1. The number of carbonyl (C=O) groups is 3. The smallest absolute Gasteiger partial charge is 0.254 e. The summed E-state index contributed by atoms with van der Waals surface area (Å²) in [5.41, 5.74) is 7.53. The molecule has 3 aromatic heterocycles. The zero-order valence-electron chi connectivity index (χ0n) is 29.3. The molecule has 1 aliphatic carbocycles. The Bertz CT molecular complexity index is 1910. The van der Waals surface area contributed by atoms with Crippen LogP contribution in [0.5, 0.6) is 0 Å². The summed E-state index contributed by atoms with van der Waals surface area (Å²) in [7, 11) is 0. The molecule has 0 radical (unpaired) electrons. The number of aromatic amines is 2. The van der Waals surface area contributed by atoms with E-state index in [1.165, 1.54) is 11.3 Å². The lowest BCUT2D eigenvalue weighted by atomic mass is 9.76. The zero-order chi connectivity index (χ0) is 34.4. The number of hydrogen-bond donors (Lipinski definition) is 3. The first-order chi connectivity index (χ1) is 24.2. The average Bonchev–Trinajstić information content (AvgIpc) is 3.74. The van der Waals surface area contributed by atoms with E-state index in [-0.39, 0.29) is 23.6 Å². The summed E-state index contributed by atoms with van der Waals surface area (Å²) in [4.78, 5) is 52.5. The third kappa shape index (κ3) is 6.67. The number of nitrogens with one attached hydrogen (secondary N) is 3. The lowest BCUT2D eigenvalue weighted by Crippen LogP contribution is -2.49. The molecule has 0 bridgehead atoms. The molecular weight excluding hydrogens is 628 g/mol. The van der Waals surface area contributed by atoms with Crippen LogP contribution in [0.1, 0.15) is 85.5 Å². The minimum Gasteiger partial charge on any atom is -0.357 e. The van der Waals surface area contributed by atoms with Crippen molar-refractivity contribution in [1.82, 2.24) is 35.3 Å². The molecule has 4 aliphatic rings. The van der Waals surface area contributed by atoms with Crippen molar-refractivity contribution in [2.45, 2.75) is 71.1 Å². The second-order valence-electron chi connectivity index (χ2n) is 15.7. The molecular formula is C39H48N8O3. The van der Waals surface area contributed by atoms with Crippen LogP contribution in [0.15, 0.2) is 42.6 Å². The zero-order valence-corrected chi connectivity index (χ0v) is 29.3. The van der Waals surface area contributed by atoms with Crippen LogP contribution in [0.4, 0.5) is 5.82 Å². The van der Waals surface area contributed by atoms with Crippen molar-refractivity contribution >= 4 is 34.4 Å². The van der Waals surface area contributed by atoms with Gasteiger partial charge in [0.1, 0.15) is 11.5 Å². The standard InChI is InChI=1S/C39H48N8O3/c1-39(2)12-7-30-33(24-39)43-44-36(30)32-21-27-3-4-28(22-31(27)41-32)38(50)47-19-17-45(18-20-47)14-9-25-10-15-46(16-11-25)34-23-26(8-13-40-34)29-5-6-35(48)42-37(29)49/h3-4,8,13,21-23,25,29,41H,5-7,9-12,14-20,24H2,1-2H3,(H,43,44)(H,42,48,49). The predicted molar refractivity (Wildman–Crippen MR) is 193 cm³/mol. The van der Waals surface area contributed by atoms with Gasteiger partial charge >= 0.3 is 0 Å². The van der Waals surface area contributed by atoms with E-state index in [2.05, 4.69) is 61.3 Å². The van der Waals surface area contributed by atoms with Crippen LogP contribution < -0.4 is 10.2 Å². The van der Waals surface area contributed by atoms with Crippen molar-refractivity contribution in [1.29, 1.82) is 0 Å². The Morgan fingerprint density at radius 1 is 0.960 bits per heavy atom. The number of H-pyrrole nitrogens is 2. The number of aromatic nitrogens is 4. The fourth-order valence-corrected chi connectivity index (χ4v) is 8.47. The molecule has 3 saturated heterocycles. The number of fused-ring (bicyclic) bond motifs is 2. The minimum atomic E-state index is -0.287. The number of rotatable bonds is 7. The van der Waals surface area contributed by atoms with Crippen molar-refractivity contribution in [3.63, 3.8) is 0 Å². The number of piperidine rings is 2. The number of hydrogen-bond acceptors (Lipinski definition) is 7. The number of piperazine rings is 1. The molecule has 262 valence electrons. The Balaban J connectivity index is 0.807. The maximum atomic E-state index is 13.6. The highest BCUT2D eigenvalue weighted by Crippen LogP contribution is 2.38. The Morgan fingerprint density at radius 3 is 2.58 bits per heavy atom. The third-order valence-corrected chi connectivity index (χ3v) is 11.6. The van der Waals surface area contributed by atoms with Crippen molar-refractivity contribution in [3.8, 4) is 11.4 Å². The molecule has 1 aromatic carbocycles. The monoisotopic (exact) mass is 676 g/mol. The van der Waals surface area contributed by atoms with Gasteiger partial charge in [-0.3, -0.25) is 29.7 Å². The second kappa shape index (κ2) is 13.3. The molecule has 8 rings (SSSR count). The van der Waals surface area contributed by atoms with E-state index in [0.29, 0.717) is 24.2 Å². The van der Waals surface area contributed by atoms with E-state index in [1.807, 2.05) is 29.2 Å². The van der Waals surface area contributed by atoms with Crippen molar-refractivity contribution in [2.24, 2.45) is 11.3 Å². The molecule has 3 aliphatic heterocycles. The van der Waals surface area contributed by atoms with Gasteiger partial charge in [-0.1, -0.05) is 19.9 Å². The molecule has 3 fully saturated rings. The van der Waals surface area contributed by atoms with Crippen molar-refractivity contribution in [3.05, 3.63) is 65.0 Å². The maximum Gasteiger partial charge on any atom is 0.254 e. The highest BCUT2D eigenvalue weighted by atomic mass is 16.2. The Labute approximate surface area is 293 Å². The van der Waals surface area contributed by atoms with Gasteiger partial charge < -0.3 is 14.8 Å². The molecule has 0 spiro atoms. The SMILES string of the molecule is CC1(C)CCc2c(-c3cc4ccc(C(=O)N5CCN(CCC6CCN(c7cc(C8CCC(=O)NC8=O)ccn7)CC6)CC5)cc4[nH]3)n[nH]c2C1. The molecule has 1 unspecified atom stereocenters. The third-order valence-electron chi connectivity index (χ3n) is 11.6. The van der Waals surface area contributed by atoms with Crippen LogP contribution >= 0.6 is 0 Å². The van der Waals surface area contributed by atoms with E-state index in [4.69, 9.17) is 0 Å². The first-order valence-corrected chi connectivity index (χ1v) is 18.4. The summed E-state index contributed by atoms with van der Waals surface area (Å²) in [6, 6.07) is 12.1. The lowest BCUT2D eigenvalue weighted by molar-refractivity contribution is -0.134. The molecule has 3 amide bonds. The van der Waals surface area contributed by atoms with Gasteiger partial charge in [0.2, 0.25) is 11.8 Å². The van der Waals surface area contributed by atoms with Gasteiger partial charge in [0, 0.05) is 79.6 Å². The van der Waals surface area contributed by atoms with Crippen LogP contribution in [-0.4, -0.2) is 93.5 Å². The average molecular weight is 677 g/mol. The van der Waals surface area contributed by atoms with Gasteiger partial charge in [0.25, 0.3) is 5.91 Å². The van der Waals surface area contributed by atoms with E-state index < -0.39 is 0 Å². The second-order valence-corrected chi connectivity index (χ2v) is 15.7. The predicted octanol–water partition coefficient (Wildman–Crippen LogP) is 5.05. The molecule has 4 aromatic rings. The first kappa shape index (κ1) is 32.7. The number of pyridine rings is 1. The number of carbonyl (C=O) groups excluding carboxylic acids is 3. The van der Waals surface area contributed by atoms with Gasteiger partial charge in [-0.2, -0.15) is 5.10 Å². The summed E-state index contributed by atoms with van der Waals surface area (Å²) in [5, 5.41) is 11.5.